The highest BCUT2D eigenvalue weighted by molar-refractivity contribution is 9.10. The minimum absolute atomic E-state index is 0.114. The van der Waals surface area contributed by atoms with Crippen molar-refractivity contribution in [1.29, 1.82) is 0 Å². The first-order valence-electron chi connectivity index (χ1n) is 8.41. The van der Waals surface area contributed by atoms with Gasteiger partial charge >= 0.3 is 0 Å². The van der Waals surface area contributed by atoms with E-state index in [1.807, 2.05) is 16.9 Å². The summed E-state index contributed by atoms with van der Waals surface area (Å²) < 4.78 is 10.5. The number of aromatic nitrogens is 4. The zero-order valence-electron chi connectivity index (χ0n) is 13.4. The smallest absolute Gasteiger partial charge is 0.136 e. The Labute approximate surface area is 149 Å². The van der Waals surface area contributed by atoms with Crippen LogP contribution in [0.3, 0.4) is 0 Å². The monoisotopic (exact) mass is 395 g/mol. The third-order valence-corrected chi connectivity index (χ3v) is 5.59. The molecular formula is C16H22BrN5O2. The third kappa shape index (κ3) is 3.28. The fraction of sp³-hybridized carbons (Fsp3) is 0.625. The minimum Gasteiger partial charge on any atom is -0.391 e. The molecule has 0 bridgehead atoms. The van der Waals surface area contributed by atoms with E-state index in [2.05, 4.69) is 35.9 Å². The third-order valence-electron chi connectivity index (χ3n) is 4.96. The number of ether oxygens (including phenoxy) is 1. The maximum atomic E-state index is 10.4. The average molecular weight is 396 g/mol. The molecule has 130 valence electrons. The Morgan fingerprint density at radius 3 is 3.17 bits per heavy atom. The van der Waals surface area contributed by atoms with Gasteiger partial charge in [-0.05, 0) is 40.8 Å². The van der Waals surface area contributed by atoms with E-state index in [0.29, 0.717) is 19.1 Å². The number of fused-ring (bicyclic) bond motifs is 1. The van der Waals surface area contributed by atoms with Crippen LogP contribution in [0.2, 0.25) is 0 Å². The van der Waals surface area contributed by atoms with E-state index in [4.69, 9.17) is 4.74 Å². The van der Waals surface area contributed by atoms with Crippen molar-refractivity contribution < 1.29 is 9.84 Å². The maximum absolute atomic E-state index is 10.4. The van der Waals surface area contributed by atoms with Gasteiger partial charge in [0, 0.05) is 38.1 Å². The summed E-state index contributed by atoms with van der Waals surface area (Å²) >= 11 is 3.55. The molecule has 7 nitrogen and oxygen atoms in total. The Hall–Kier alpha value is -1.22. The molecule has 3 atom stereocenters. The maximum Gasteiger partial charge on any atom is 0.136 e. The molecule has 0 amide bonds. The summed E-state index contributed by atoms with van der Waals surface area (Å²) in [5.41, 5.74) is 1.14. The molecule has 0 radical (unpaired) electrons. The number of nitrogens with zero attached hydrogens (tertiary/aromatic N) is 4. The van der Waals surface area contributed by atoms with Gasteiger partial charge in [-0.3, -0.25) is 4.68 Å². The van der Waals surface area contributed by atoms with Gasteiger partial charge in [-0.2, -0.15) is 5.10 Å². The highest BCUT2D eigenvalue weighted by Gasteiger charge is 2.33. The summed E-state index contributed by atoms with van der Waals surface area (Å²) in [4.78, 5) is 4.52. The molecule has 0 spiro atoms. The molecule has 1 aliphatic heterocycles. The fourth-order valence-electron chi connectivity index (χ4n) is 3.75. The Kier molecular flexibility index (Phi) is 4.71. The Morgan fingerprint density at radius 2 is 2.33 bits per heavy atom. The van der Waals surface area contributed by atoms with Crippen LogP contribution >= 0.6 is 15.9 Å². The van der Waals surface area contributed by atoms with Crippen LogP contribution in [0.25, 0.3) is 0 Å². The molecule has 2 aromatic rings. The van der Waals surface area contributed by atoms with Gasteiger partial charge in [0.05, 0.1) is 18.4 Å². The standard InChI is InChI=1S/C16H22BrN5O2/c17-16-13(22-4-5-24-10-15(22)20-16)8-18-12-6-11(7-14(12)23)9-21-3-1-2-19-21/h1-3,11-12,14,18,23H,4-10H2/t11?,12-,14-/m1/s1. The summed E-state index contributed by atoms with van der Waals surface area (Å²) in [6.45, 7) is 3.69. The molecule has 8 heteroatoms. The minimum atomic E-state index is -0.309. The first-order chi connectivity index (χ1) is 11.7. The number of hydrogen-bond acceptors (Lipinski definition) is 5. The predicted octanol–water partition coefficient (Wildman–Crippen LogP) is 1.30. The van der Waals surface area contributed by atoms with Crippen LogP contribution in [-0.4, -0.2) is 43.2 Å². The first-order valence-corrected chi connectivity index (χ1v) is 9.20. The molecule has 0 saturated heterocycles. The molecule has 0 aromatic carbocycles. The zero-order valence-corrected chi connectivity index (χ0v) is 15.0. The number of hydrogen-bond donors (Lipinski definition) is 2. The predicted molar refractivity (Wildman–Crippen MR) is 91.2 cm³/mol. The Balaban J connectivity index is 1.37. The van der Waals surface area contributed by atoms with Crippen LogP contribution in [0.4, 0.5) is 0 Å². The molecule has 1 unspecified atom stereocenters. The van der Waals surface area contributed by atoms with Gasteiger partial charge in [0.2, 0.25) is 0 Å². The molecule has 2 aliphatic rings. The van der Waals surface area contributed by atoms with Crippen molar-refractivity contribution in [1.82, 2.24) is 24.6 Å². The van der Waals surface area contributed by atoms with Gasteiger partial charge in [-0.1, -0.05) is 0 Å². The van der Waals surface area contributed by atoms with Gasteiger partial charge in [0.15, 0.2) is 0 Å². The number of nitrogens with one attached hydrogen (secondary N) is 1. The second kappa shape index (κ2) is 6.95. The van der Waals surface area contributed by atoms with Gasteiger partial charge in [-0.25, -0.2) is 4.98 Å². The molecule has 1 saturated carbocycles. The van der Waals surface area contributed by atoms with E-state index < -0.39 is 0 Å². The van der Waals surface area contributed by atoms with Crippen molar-refractivity contribution in [2.75, 3.05) is 6.61 Å². The van der Waals surface area contributed by atoms with E-state index in [-0.39, 0.29) is 12.1 Å². The van der Waals surface area contributed by atoms with E-state index in [0.717, 1.165) is 48.7 Å². The summed E-state index contributed by atoms with van der Waals surface area (Å²) in [6.07, 6.45) is 5.24. The van der Waals surface area contributed by atoms with Gasteiger partial charge in [0.1, 0.15) is 17.0 Å². The Bertz CT molecular complexity index is 687. The largest absolute Gasteiger partial charge is 0.391 e. The van der Waals surface area contributed by atoms with Crippen LogP contribution < -0.4 is 5.32 Å². The van der Waals surface area contributed by atoms with Crippen molar-refractivity contribution in [3.63, 3.8) is 0 Å². The number of imidazole rings is 1. The molecule has 2 aromatic heterocycles. The van der Waals surface area contributed by atoms with Crippen LogP contribution in [0.1, 0.15) is 24.4 Å². The SMILES string of the molecule is O[C@@H]1CC(Cn2cccn2)C[C@H]1NCc1c(Br)nc2n1CCOC2. The lowest BCUT2D eigenvalue weighted by Gasteiger charge is -2.20. The lowest BCUT2D eigenvalue weighted by Crippen LogP contribution is -2.36. The average Bonchev–Trinajstić information content (AvgIpc) is 3.26. The first kappa shape index (κ1) is 16.3. The molecule has 3 heterocycles. The topological polar surface area (TPSA) is 77.1 Å². The molecule has 1 aliphatic carbocycles. The van der Waals surface area contributed by atoms with Crippen LogP contribution in [0.15, 0.2) is 23.1 Å². The summed E-state index contributed by atoms with van der Waals surface area (Å²) in [5.74, 6) is 1.42. The second-order valence-corrected chi connectivity index (χ2v) is 7.34. The molecular weight excluding hydrogens is 374 g/mol. The summed E-state index contributed by atoms with van der Waals surface area (Å²) in [6, 6.07) is 2.05. The van der Waals surface area contributed by atoms with Gasteiger partial charge in [-0.15, -0.1) is 0 Å². The number of rotatable bonds is 5. The quantitative estimate of drug-likeness (QED) is 0.797. The molecule has 1 fully saturated rings. The van der Waals surface area contributed by atoms with Crippen molar-refractivity contribution in [2.24, 2.45) is 5.92 Å². The number of aliphatic hydroxyl groups excluding tert-OH is 1. The highest BCUT2D eigenvalue weighted by atomic mass is 79.9. The van der Waals surface area contributed by atoms with Crippen molar-refractivity contribution >= 4 is 15.9 Å². The fourth-order valence-corrected chi connectivity index (χ4v) is 4.31. The van der Waals surface area contributed by atoms with Crippen molar-refractivity contribution in [2.45, 2.75) is 51.2 Å². The van der Waals surface area contributed by atoms with Crippen LogP contribution in [0.5, 0.6) is 0 Å². The molecule has 24 heavy (non-hydrogen) atoms. The van der Waals surface area contributed by atoms with Crippen LogP contribution in [-0.2, 0) is 31.0 Å². The van der Waals surface area contributed by atoms with E-state index in [9.17, 15) is 5.11 Å². The highest BCUT2D eigenvalue weighted by Crippen LogP contribution is 2.28. The van der Waals surface area contributed by atoms with Gasteiger partial charge < -0.3 is 19.7 Å². The summed E-state index contributed by atoms with van der Waals surface area (Å²) in [7, 11) is 0. The number of aliphatic hydroxyl groups is 1. The Morgan fingerprint density at radius 1 is 1.42 bits per heavy atom. The zero-order chi connectivity index (χ0) is 16.5. The second-order valence-electron chi connectivity index (χ2n) is 6.59. The van der Waals surface area contributed by atoms with E-state index in [1.54, 1.807) is 6.20 Å². The van der Waals surface area contributed by atoms with Gasteiger partial charge in [0.25, 0.3) is 0 Å². The molecule has 4 rings (SSSR count). The normalized spacial score (nSPS) is 26.7. The lowest BCUT2D eigenvalue weighted by molar-refractivity contribution is 0.0802. The van der Waals surface area contributed by atoms with Crippen molar-refractivity contribution in [3.8, 4) is 0 Å². The lowest BCUT2D eigenvalue weighted by atomic mass is 10.1. The van der Waals surface area contributed by atoms with Crippen LogP contribution in [0, 0.1) is 5.92 Å². The number of halogens is 1. The van der Waals surface area contributed by atoms with E-state index >= 15 is 0 Å². The summed E-state index contributed by atoms with van der Waals surface area (Å²) in [5, 5.41) is 18.2. The van der Waals surface area contributed by atoms with E-state index in [1.165, 1.54) is 0 Å². The molecule has 2 N–H and O–H groups in total. The van der Waals surface area contributed by atoms with Crippen molar-refractivity contribution in [3.05, 3.63) is 34.6 Å².